The van der Waals surface area contributed by atoms with Crippen LogP contribution < -0.4 is 5.32 Å². The molecule has 0 spiro atoms. The summed E-state index contributed by atoms with van der Waals surface area (Å²) >= 11 is 0. The van der Waals surface area contributed by atoms with Crippen molar-refractivity contribution in [1.29, 1.82) is 0 Å². The van der Waals surface area contributed by atoms with E-state index in [9.17, 15) is 0 Å². The fraction of sp³-hybridized carbons (Fsp3) is 0.222. The van der Waals surface area contributed by atoms with Gasteiger partial charge in [-0.15, -0.1) is 6.42 Å². The third kappa shape index (κ3) is 2.30. The Morgan fingerprint density at radius 2 is 2.45 bits per heavy atom. The van der Waals surface area contributed by atoms with Crippen LogP contribution in [0.25, 0.3) is 0 Å². The summed E-state index contributed by atoms with van der Waals surface area (Å²) in [5, 5.41) is 3.04. The summed E-state index contributed by atoms with van der Waals surface area (Å²) in [7, 11) is 0. The first-order chi connectivity index (χ1) is 5.33. The molecule has 11 heavy (non-hydrogen) atoms. The Bertz CT molecular complexity index is 273. The number of nitrogens with zero attached hydrogens (tertiary/aromatic N) is 1. The van der Waals surface area contributed by atoms with Crippen molar-refractivity contribution < 1.29 is 0 Å². The van der Waals surface area contributed by atoms with Gasteiger partial charge in [-0.25, -0.2) is 0 Å². The third-order valence-corrected chi connectivity index (χ3v) is 1.27. The summed E-state index contributed by atoms with van der Waals surface area (Å²) in [6.07, 6.45) is 8.64. The van der Waals surface area contributed by atoms with E-state index in [0.717, 1.165) is 11.3 Å². The number of hydrogen-bond acceptors (Lipinski definition) is 2. The molecule has 0 aromatic carbocycles. The van der Waals surface area contributed by atoms with Gasteiger partial charge in [-0.2, -0.15) is 0 Å². The van der Waals surface area contributed by atoms with E-state index in [1.165, 1.54) is 0 Å². The molecule has 1 aromatic rings. The second-order valence-electron chi connectivity index (χ2n) is 2.31. The minimum absolute atomic E-state index is 0.547. The van der Waals surface area contributed by atoms with Crippen LogP contribution in [0.2, 0.25) is 0 Å². The van der Waals surface area contributed by atoms with E-state index in [1.54, 1.807) is 12.4 Å². The lowest BCUT2D eigenvalue weighted by Crippen LogP contribution is -1.98. The zero-order chi connectivity index (χ0) is 8.10. The average Bonchev–Trinajstić information content (AvgIpc) is 2.01. The molecule has 1 heterocycles. The SMILES string of the molecule is C#CCNc1cncc(C)c1. The van der Waals surface area contributed by atoms with Crippen LogP contribution in [0.1, 0.15) is 5.56 Å². The predicted molar refractivity (Wildman–Crippen MR) is 46.3 cm³/mol. The molecule has 0 aliphatic rings. The van der Waals surface area contributed by atoms with E-state index < -0.39 is 0 Å². The Balaban J connectivity index is 2.65. The van der Waals surface area contributed by atoms with Crippen LogP contribution in [0.3, 0.4) is 0 Å². The second-order valence-corrected chi connectivity index (χ2v) is 2.31. The van der Waals surface area contributed by atoms with Crippen LogP contribution >= 0.6 is 0 Å². The molecule has 0 fully saturated rings. The number of rotatable bonds is 2. The number of pyridine rings is 1. The molecule has 0 radical (unpaired) electrons. The summed E-state index contributed by atoms with van der Waals surface area (Å²) in [4.78, 5) is 4.01. The Kier molecular flexibility index (Phi) is 2.51. The summed E-state index contributed by atoms with van der Waals surface area (Å²) in [5.41, 5.74) is 2.11. The molecule has 2 nitrogen and oxygen atoms in total. The minimum atomic E-state index is 0.547. The van der Waals surface area contributed by atoms with Crippen LogP contribution in [0.15, 0.2) is 18.5 Å². The predicted octanol–water partition coefficient (Wildman–Crippen LogP) is 1.44. The van der Waals surface area contributed by atoms with Crippen molar-refractivity contribution in [2.24, 2.45) is 0 Å². The van der Waals surface area contributed by atoms with Gasteiger partial charge in [0, 0.05) is 12.4 Å². The molecule has 0 bridgehead atoms. The Hall–Kier alpha value is -1.49. The quantitative estimate of drug-likeness (QED) is 0.638. The number of aryl methyl sites for hydroxylation is 1. The molecule has 0 aliphatic heterocycles. The maximum atomic E-state index is 5.08. The van der Waals surface area contributed by atoms with E-state index in [1.807, 2.05) is 13.0 Å². The molecule has 1 rings (SSSR count). The van der Waals surface area contributed by atoms with E-state index in [4.69, 9.17) is 6.42 Å². The standard InChI is InChI=1S/C9H10N2/c1-3-4-11-9-5-8(2)6-10-7-9/h1,5-7,11H,4H2,2H3. The van der Waals surface area contributed by atoms with Crippen molar-refractivity contribution in [3.63, 3.8) is 0 Å². The highest BCUT2D eigenvalue weighted by atomic mass is 14.9. The molecule has 0 aliphatic carbocycles. The van der Waals surface area contributed by atoms with E-state index in [2.05, 4.69) is 16.2 Å². The van der Waals surface area contributed by atoms with Gasteiger partial charge in [-0.1, -0.05) is 5.92 Å². The van der Waals surface area contributed by atoms with Crippen LogP contribution in [0, 0.1) is 19.3 Å². The molecular formula is C9H10N2. The molecule has 0 amide bonds. The number of hydrogen-bond donors (Lipinski definition) is 1. The molecule has 2 heteroatoms. The monoisotopic (exact) mass is 146 g/mol. The molecule has 0 atom stereocenters. The smallest absolute Gasteiger partial charge is 0.0763 e. The van der Waals surface area contributed by atoms with Crippen molar-refractivity contribution in [2.45, 2.75) is 6.92 Å². The first-order valence-corrected chi connectivity index (χ1v) is 3.42. The first kappa shape index (κ1) is 7.62. The molecule has 0 saturated carbocycles. The van der Waals surface area contributed by atoms with Gasteiger partial charge in [0.25, 0.3) is 0 Å². The Morgan fingerprint density at radius 1 is 1.64 bits per heavy atom. The Morgan fingerprint density at radius 3 is 3.09 bits per heavy atom. The molecule has 0 saturated heterocycles. The van der Waals surface area contributed by atoms with Crippen LogP contribution in [0.4, 0.5) is 5.69 Å². The van der Waals surface area contributed by atoms with Gasteiger partial charge in [-0.3, -0.25) is 4.98 Å². The topological polar surface area (TPSA) is 24.9 Å². The summed E-state index contributed by atoms with van der Waals surface area (Å²) < 4.78 is 0. The van der Waals surface area contributed by atoms with Gasteiger partial charge in [0.15, 0.2) is 0 Å². The molecule has 0 unspecified atom stereocenters. The number of nitrogens with one attached hydrogen (secondary N) is 1. The van der Waals surface area contributed by atoms with Crippen LogP contribution in [0.5, 0.6) is 0 Å². The van der Waals surface area contributed by atoms with Crippen molar-refractivity contribution in [3.8, 4) is 12.3 Å². The maximum absolute atomic E-state index is 5.08. The lowest BCUT2D eigenvalue weighted by atomic mass is 10.3. The summed E-state index contributed by atoms with van der Waals surface area (Å²) in [5.74, 6) is 2.50. The van der Waals surface area contributed by atoms with Crippen molar-refractivity contribution in [2.75, 3.05) is 11.9 Å². The van der Waals surface area contributed by atoms with Gasteiger partial charge in [0.05, 0.1) is 12.2 Å². The fourth-order valence-corrected chi connectivity index (χ4v) is 0.805. The number of anilines is 1. The zero-order valence-electron chi connectivity index (χ0n) is 6.46. The third-order valence-electron chi connectivity index (χ3n) is 1.27. The van der Waals surface area contributed by atoms with Gasteiger partial charge in [-0.05, 0) is 18.6 Å². The minimum Gasteiger partial charge on any atom is -0.373 e. The van der Waals surface area contributed by atoms with Gasteiger partial charge < -0.3 is 5.32 Å². The lowest BCUT2D eigenvalue weighted by Gasteiger charge is -2.00. The van der Waals surface area contributed by atoms with Crippen molar-refractivity contribution in [1.82, 2.24) is 4.98 Å². The highest BCUT2D eigenvalue weighted by Gasteiger charge is 1.89. The number of aromatic nitrogens is 1. The van der Waals surface area contributed by atoms with Crippen LogP contribution in [-0.2, 0) is 0 Å². The van der Waals surface area contributed by atoms with E-state index in [-0.39, 0.29) is 0 Å². The van der Waals surface area contributed by atoms with E-state index >= 15 is 0 Å². The lowest BCUT2D eigenvalue weighted by molar-refractivity contribution is 1.24. The zero-order valence-corrected chi connectivity index (χ0v) is 6.46. The summed E-state index contributed by atoms with van der Waals surface area (Å²) in [6.45, 7) is 2.54. The molecule has 1 aromatic heterocycles. The Labute approximate surface area is 66.7 Å². The second kappa shape index (κ2) is 3.62. The molecule has 56 valence electrons. The highest BCUT2D eigenvalue weighted by Crippen LogP contribution is 2.05. The highest BCUT2D eigenvalue weighted by molar-refractivity contribution is 5.43. The largest absolute Gasteiger partial charge is 0.373 e. The average molecular weight is 146 g/mol. The maximum Gasteiger partial charge on any atom is 0.0763 e. The fourth-order valence-electron chi connectivity index (χ4n) is 0.805. The van der Waals surface area contributed by atoms with E-state index in [0.29, 0.717) is 6.54 Å². The van der Waals surface area contributed by atoms with Crippen LogP contribution in [-0.4, -0.2) is 11.5 Å². The molecular weight excluding hydrogens is 136 g/mol. The summed E-state index contributed by atoms with van der Waals surface area (Å²) in [6, 6.07) is 2.00. The normalized spacial score (nSPS) is 8.73. The molecule has 1 N–H and O–H groups in total. The number of terminal acetylenes is 1. The van der Waals surface area contributed by atoms with Crippen molar-refractivity contribution >= 4 is 5.69 Å². The van der Waals surface area contributed by atoms with Gasteiger partial charge in [0.2, 0.25) is 0 Å². The van der Waals surface area contributed by atoms with Gasteiger partial charge in [0.1, 0.15) is 0 Å². The van der Waals surface area contributed by atoms with Gasteiger partial charge >= 0.3 is 0 Å². The first-order valence-electron chi connectivity index (χ1n) is 3.42. The van der Waals surface area contributed by atoms with Crippen molar-refractivity contribution in [3.05, 3.63) is 24.0 Å².